The van der Waals surface area contributed by atoms with Crippen molar-refractivity contribution in [2.75, 3.05) is 68.8 Å². The van der Waals surface area contributed by atoms with Gasteiger partial charge in [0.05, 0.1) is 19.3 Å². The molecule has 23 heteroatoms. The Balaban J connectivity index is -0.000000802. The average molecular weight is 872 g/mol. The van der Waals surface area contributed by atoms with Crippen LogP contribution in [0.2, 0.25) is 0 Å². The van der Waals surface area contributed by atoms with Gasteiger partial charge in [0.1, 0.15) is 5.92 Å². The number of hydrogen-bond acceptors (Lipinski definition) is 14. The molecule has 0 amide bonds. The van der Waals surface area contributed by atoms with Gasteiger partial charge in [-0.1, -0.05) is 38.0 Å². The van der Waals surface area contributed by atoms with Crippen LogP contribution in [0.3, 0.4) is 0 Å². The summed E-state index contributed by atoms with van der Waals surface area (Å²) < 4.78 is 161. The molecule has 0 heterocycles. The summed E-state index contributed by atoms with van der Waals surface area (Å²) in [6.45, 7) is 14.8. The minimum atomic E-state index is -4.59. The summed E-state index contributed by atoms with van der Waals surface area (Å²) in [5.41, 5.74) is -6.36. The van der Waals surface area contributed by atoms with E-state index < -0.39 is 122 Å². The average Bonchev–Trinajstić information content (AvgIpc) is 3.17. The number of hydrogen-bond donors (Lipinski definition) is 0. The summed E-state index contributed by atoms with van der Waals surface area (Å²) in [7, 11) is 4.85. The largest absolute Gasteiger partial charge is 0.438 e. The number of esters is 4. The first-order valence-electron chi connectivity index (χ1n) is 16.0. The van der Waals surface area contributed by atoms with Crippen LogP contribution in [0.15, 0.2) is 75.2 Å². The van der Waals surface area contributed by atoms with E-state index in [1.54, 1.807) is 0 Å². The lowest BCUT2D eigenvalue weighted by Gasteiger charge is -2.33. The maximum atomic E-state index is 14.2. The van der Waals surface area contributed by atoms with Crippen LogP contribution in [-0.2, 0) is 61.8 Å². The summed E-state index contributed by atoms with van der Waals surface area (Å²) in [5.74, 6) is -27.5. The fourth-order valence-corrected chi connectivity index (χ4v) is 3.89. The molecule has 0 saturated carbocycles. The third-order valence-corrected chi connectivity index (χ3v) is 7.02. The summed E-state index contributed by atoms with van der Waals surface area (Å²) >= 11 is 0. The molecule has 0 aromatic heterocycles. The van der Waals surface area contributed by atoms with Gasteiger partial charge in [-0.05, 0) is 12.8 Å². The number of allylic oxidation sites excluding steroid dienone is 6. The molecule has 336 valence electrons. The molecule has 14 nitrogen and oxygen atoms in total. The molecule has 0 aliphatic heterocycles. The molecule has 0 rings (SSSR count). The molecular weight excluding hydrogens is 825 g/mol. The van der Waals surface area contributed by atoms with Gasteiger partial charge in [0.25, 0.3) is 0 Å². The van der Waals surface area contributed by atoms with Gasteiger partial charge >= 0.3 is 41.6 Å². The molecule has 0 N–H and O–H groups in total. The van der Waals surface area contributed by atoms with E-state index in [0.717, 1.165) is 45.6 Å². The third kappa shape index (κ3) is 16.3. The van der Waals surface area contributed by atoms with Crippen molar-refractivity contribution in [3.8, 4) is 6.07 Å². The Morgan fingerprint density at radius 3 is 1.39 bits per heavy atom. The molecule has 2 atom stereocenters. The number of halogens is 9. The van der Waals surface area contributed by atoms with Crippen LogP contribution in [-0.4, -0.2) is 110 Å². The van der Waals surface area contributed by atoms with Crippen LogP contribution in [0.4, 0.5) is 39.5 Å². The normalized spacial score (nSPS) is 12.8. The number of alkyl halides is 6. The molecule has 0 aromatic rings. The van der Waals surface area contributed by atoms with E-state index in [1.807, 2.05) is 0 Å². The Kier molecular flexibility index (Phi) is 28.1. The van der Waals surface area contributed by atoms with Crippen molar-refractivity contribution < 1.29 is 101 Å². The van der Waals surface area contributed by atoms with E-state index >= 15 is 0 Å². The minimum Gasteiger partial charge on any atom is -0.438 e. The lowest BCUT2D eigenvalue weighted by atomic mass is 9.77. The van der Waals surface area contributed by atoms with Gasteiger partial charge in [-0.2, -0.15) is 31.6 Å². The van der Waals surface area contributed by atoms with Crippen molar-refractivity contribution in [3.63, 3.8) is 0 Å². The van der Waals surface area contributed by atoms with Crippen LogP contribution >= 0.6 is 0 Å². The molecule has 0 aliphatic carbocycles. The number of methoxy groups -OCH3 is 4. The smallest absolute Gasteiger partial charge is 0.335 e. The number of carbonyl (C=O) groups is 4. The van der Waals surface area contributed by atoms with Crippen molar-refractivity contribution in [1.82, 2.24) is 0 Å². The van der Waals surface area contributed by atoms with E-state index in [0.29, 0.717) is 0 Å². The topological polar surface area (TPSA) is 175 Å². The lowest BCUT2D eigenvalue weighted by Crippen LogP contribution is -2.55. The molecule has 0 bridgehead atoms. The van der Waals surface area contributed by atoms with E-state index in [1.165, 1.54) is 7.11 Å². The number of ether oxygens (including phenoxy) is 9. The number of carbonyl (C=O) groups excluding carboxylic acids is 4. The van der Waals surface area contributed by atoms with Crippen molar-refractivity contribution in [3.05, 3.63) is 75.2 Å². The van der Waals surface area contributed by atoms with Crippen LogP contribution in [0.25, 0.3) is 0 Å². The number of nitriles is 1. The molecule has 0 spiro atoms. The maximum Gasteiger partial charge on any atom is 0.335 e. The third-order valence-electron chi connectivity index (χ3n) is 7.02. The molecule has 0 aromatic carbocycles. The van der Waals surface area contributed by atoms with Gasteiger partial charge < -0.3 is 42.6 Å². The predicted octanol–water partition coefficient (Wildman–Crippen LogP) is 6.76. The molecule has 2 unspecified atom stereocenters. The summed E-state index contributed by atoms with van der Waals surface area (Å²) in [5, 5.41) is 8.83. The molecular formula is C36H46F9NO13. The SMILES string of the molecule is C=CCC(C#N)(C(=O)OCOC)C(F)(F)C(=C)F.C=CCC(C(=O)OCOC)(C(=O)OCOC)C(F)(F)C(=C)F.C=CCC(C(=O)OCOCCOC)C(F)(F)C(=C)F. The lowest BCUT2D eigenvalue weighted by molar-refractivity contribution is -0.208. The molecule has 0 saturated heterocycles. The number of nitrogens with zero attached hydrogens (tertiary/aromatic N) is 1. The molecule has 0 aliphatic rings. The van der Waals surface area contributed by atoms with Crippen molar-refractivity contribution in [2.24, 2.45) is 16.7 Å². The second-order valence-corrected chi connectivity index (χ2v) is 11.0. The van der Waals surface area contributed by atoms with E-state index in [9.17, 15) is 58.7 Å². The van der Waals surface area contributed by atoms with Crippen LogP contribution in [0, 0.1) is 28.1 Å². The van der Waals surface area contributed by atoms with Crippen molar-refractivity contribution in [2.45, 2.75) is 37.0 Å². The Hall–Kier alpha value is -5.02. The van der Waals surface area contributed by atoms with Gasteiger partial charge in [0.2, 0.25) is 10.8 Å². The first-order chi connectivity index (χ1) is 27.4. The van der Waals surface area contributed by atoms with Crippen LogP contribution < -0.4 is 0 Å². The summed E-state index contributed by atoms with van der Waals surface area (Å²) in [6, 6.07) is 1.09. The van der Waals surface area contributed by atoms with E-state index in [4.69, 9.17) is 10.00 Å². The van der Waals surface area contributed by atoms with Crippen LogP contribution in [0.1, 0.15) is 19.3 Å². The van der Waals surface area contributed by atoms with Gasteiger partial charge in [0.15, 0.2) is 44.7 Å². The zero-order valence-corrected chi connectivity index (χ0v) is 32.6. The summed E-state index contributed by atoms with van der Waals surface area (Å²) in [4.78, 5) is 47.0. The second kappa shape index (κ2) is 28.4. The Labute approximate surface area is 334 Å². The van der Waals surface area contributed by atoms with Gasteiger partial charge in [-0.15, -0.1) is 19.7 Å². The van der Waals surface area contributed by atoms with E-state index in [-0.39, 0.29) is 13.2 Å². The molecule has 59 heavy (non-hydrogen) atoms. The maximum absolute atomic E-state index is 14.2. The highest BCUT2D eigenvalue weighted by Crippen LogP contribution is 2.48. The van der Waals surface area contributed by atoms with Gasteiger partial charge in [0, 0.05) is 34.9 Å². The fraction of sp³-hybridized carbons (Fsp3) is 0.528. The Morgan fingerprint density at radius 2 is 1.05 bits per heavy atom. The van der Waals surface area contributed by atoms with Gasteiger partial charge in [-0.3, -0.25) is 14.4 Å². The van der Waals surface area contributed by atoms with Crippen molar-refractivity contribution >= 4 is 23.9 Å². The fourth-order valence-electron chi connectivity index (χ4n) is 3.89. The zero-order valence-electron chi connectivity index (χ0n) is 32.6. The minimum absolute atomic E-state index is 0.141. The van der Waals surface area contributed by atoms with Crippen LogP contribution in [0.5, 0.6) is 0 Å². The molecule has 0 radical (unpaired) electrons. The monoisotopic (exact) mass is 871 g/mol. The van der Waals surface area contributed by atoms with Gasteiger partial charge in [-0.25, -0.2) is 18.0 Å². The standard InChI is InChI=1S/C13H17F3O6.C12H17F3O4.C11H12F3NO3/c1-5-6-12(10(17)21-7-19-3,11(18)22-8-20-4)13(15,16)9(2)14;1-4-5-10(12(14,15)9(2)13)11(16)19-8-18-7-6-17-3;1-4-5-10(6-15,9(16)18-7-17-3)11(13,14)8(2)12/h5H,1-2,6-8H2,3-4H3;4,10H,1-2,5-8H2,3H3;4H,1-2,5,7H2,3H3. The molecule has 0 fully saturated rings. The Bertz CT molecular complexity index is 1470. The highest BCUT2D eigenvalue weighted by atomic mass is 19.3. The second-order valence-electron chi connectivity index (χ2n) is 11.0. The first kappa shape index (κ1) is 58.3. The Morgan fingerprint density at radius 1 is 0.610 bits per heavy atom. The van der Waals surface area contributed by atoms with E-state index in [2.05, 4.69) is 77.4 Å². The summed E-state index contributed by atoms with van der Waals surface area (Å²) in [6.07, 6.45) is 0.629. The first-order valence-corrected chi connectivity index (χ1v) is 16.0. The predicted molar refractivity (Wildman–Crippen MR) is 187 cm³/mol. The zero-order chi connectivity index (χ0) is 46.7. The highest BCUT2D eigenvalue weighted by molar-refractivity contribution is 6.02. The highest BCUT2D eigenvalue weighted by Gasteiger charge is 2.68. The quantitative estimate of drug-likeness (QED) is 0.0161. The van der Waals surface area contributed by atoms with Crippen molar-refractivity contribution in [1.29, 1.82) is 5.26 Å². The number of rotatable bonds is 27.